The molecule has 0 aliphatic carbocycles. The summed E-state index contributed by atoms with van der Waals surface area (Å²) in [6.45, 7) is 12.0. The van der Waals surface area contributed by atoms with Crippen molar-refractivity contribution in [2.75, 3.05) is 105 Å². The molecular formula is C52H79N9O20S. The van der Waals surface area contributed by atoms with Crippen molar-refractivity contribution in [1.82, 2.24) is 40.9 Å². The number of esters is 6. The van der Waals surface area contributed by atoms with E-state index >= 15 is 0 Å². The van der Waals surface area contributed by atoms with Crippen LogP contribution in [0.1, 0.15) is 79.2 Å². The van der Waals surface area contributed by atoms with Crippen molar-refractivity contribution in [2.45, 2.75) is 134 Å². The number of nitrogens with zero attached hydrogens (tertiary/aromatic N) is 5. The lowest BCUT2D eigenvalue weighted by atomic mass is 9.98. The van der Waals surface area contributed by atoms with Gasteiger partial charge in [0, 0.05) is 117 Å². The van der Waals surface area contributed by atoms with Crippen molar-refractivity contribution in [3.63, 3.8) is 0 Å². The van der Waals surface area contributed by atoms with Crippen molar-refractivity contribution < 1.29 is 90.7 Å². The number of rotatable bonds is 26. The normalized spacial score (nSPS) is 24.1. The summed E-state index contributed by atoms with van der Waals surface area (Å²) in [4.78, 5) is 133. The monoisotopic (exact) mass is 1180 g/mol. The molecule has 0 aromatic heterocycles. The van der Waals surface area contributed by atoms with Crippen LogP contribution in [-0.4, -0.2) is 237 Å². The van der Waals surface area contributed by atoms with Gasteiger partial charge in [0.1, 0.15) is 19.3 Å². The lowest BCUT2D eigenvalue weighted by molar-refractivity contribution is -0.387. The average molecular weight is 1180 g/mol. The third-order valence-corrected chi connectivity index (χ3v) is 15.2. The molecule has 9 unspecified atom stereocenters. The molecule has 1 aromatic carbocycles. The quantitative estimate of drug-likeness (QED) is 0.0249. The average Bonchev–Trinajstić information content (AvgIpc) is 4.12. The summed E-state index contributed by atoms with van der Waals surface area (Å²) < 4.78 is 49.1. The van der Waals surface area contributed by atoms with Gasteiger partial charge in [-0.3, -0.25) is 53.6 Å². The number of ether oxygens (including phenoxy) is 9. The van der Waals surface area contributed by atoms with Crippen LogP contribution in [0.2, 0.25) is 0 Å². The van der Waals surface area contributed by atoms with E-state index in [1.165, 1.54) is 19.2 Å². The summed E-state index contributed by atoms with van der Waals surface area (Å²) >= 11 is 1.81. The minimum absolute atomic E-state index is 0.0426. The molecule has 4 saturated heterocycles. The first-order valence-electron chi connectivity index (χ1n) is 27.5. The van der Waals surface area contributed by atoms with Crippen LogP contribution < -0.4 is 26.0 Å². The van der Waals surface area contributed by atoms with Gasteiger partial charge < -0.3 is 68.8 Å². The topological polar surface area (TPSA) is 341 Å². The first-order valence-corrected chi connectivity index (χ1v) is 28.5. The van der Waals surface area contributed by atoms with Crippen LogP contribution in [0.3, 0.4) is 0 Å². The highest BCUT2D eigenvalue weighted by Crippen LogP contribution is 2.36. The zero-order chi connectivity index (χ0) is 59.9. The van der Waals surface area contributed by atoms with Crippen molar-refractivity contribution in [3.05, 3.63) is 33.9 Å². The molecule has 4 aliphatic heterocycles. The second-order valence-electron chi connectivity index (χ2n) is 19.9. The molecule has 0 bridgehead atoms. The number of amides is 4. The van der Waals surface area contributed by atoms with Crippen LogP contribution in [0.5, 0.6) is 5.75 Å². The number of carbonyl (C=O) groups excluding carboxylic acids is 9. The molecule has 82 heavy (non-hydrogen) atoms. The maximum absolute atomic E-state index is 13.4. The molecule has 5 rings (SSSR count). The third kappa shape index (κ3) is 21.3. The molecule has 4 heterocycles. The first-order chi connectivity index (χ1) is 39.2. The van der Waals surface area contributed by atoms with Gasteiger partial charge in [0.2, 0.25) is 18.3 Å². The molecule has 0 radical (unpaired) electrons. The Morgan fingerprint density at radius 2 is 1.45 bits per heavy atom. The van der Waals surface area contributed by atoms with Gasteiger partial charge in [0.05, 0.1) is 37.3 Å². The van der Waals surface area contributed by atoms with Crippen LogP contribution in [0.4, 0.5) is 15.3 Å². The molecule has 30 heteroatoms. The number of carbonyl (C=O) groups is 9. The van der Waals surface area contributed by atoms with Gasteiger partial charge in [0.25, 0.3) is 0 Å². The summed E-state index contributed by atoms with van der Waals surface area (Å²) in [5.41, 5.74) is -0.449. The molecule has 0 saturated carbocycles. The van der Waals surface area contributed by atoms with Gasteiger partial charge >= 0.3 is 53.6 Å². The zero-order valence-electron chi connectivity index (χ0n) is 47.6. The molecule has 1 aromatic rings. The number of alkyl carbamates (subject to hydrolysis) is 1. The number of hydrogen-bond acceptors (Lipinski definition) is 25. The predicted molar refractivity (Wildman–Crippen MR) is 290 cm³/mol. The number of benzene rings is 1. The summed E-state index contributed by atoms with van der Waals surface area (Å²) in [6, 6.07) is 3.68. The van der Waals surface area contributed by atoms with E-state index in [0.29, 0.717) is 58.8 Å². The minimum Gasteiger partial charge on any atom is -0.466 e. The van der Waals surface area contributed by atoms with Gasteiger partial charge in [-0.05, 0) is 44.4 Å². The highest BCUT2D eigenvalue weighted by atomic mass is 32.2. The second kappa shape index (κ2) is 33.5. The van der Waals surface area contributed by atoms with Crippen molar-refractivity contribution in [1.29, 1.82) is 0 Å². The summed E-state index contributed by atoms with van der Waals surface area (Å²) in [7, 11) is 1.27. The van der Waals surface area contributed by atoms with Gasteiger partial charge in [-0.1, -0.05) is 19.4 Å². The lowest BCUT2D eigenvalue weighted by Crippen LogP contribution is -2.63. The number of unbranched alkanes of at least 4 members (excludes halogenated alkanes) is 1. The number of thioether (sulfide) groups is 1. The number of urea groups is 1. The number of nitro benzene ring substituents is 1. The number of nitro groups is 1. The van der Waals surface area contributed by atoms with Crippen LogP contribution in [-0.2, 0) is 78.1 Å². The molecule has 4 aliphatic rings. The Morgan fingerprint density at radius 3 is 2.10 bits per heavy atom. The van der Waals surface area contributed by atoms with Crippen LogP contribution in [0, 0.1) is 10.1 Å². The Hall–Kier alpha value is -6.60. The summed E-state index contributed by atoms with van der Waals surface area (Å²) in [6.07, 6.45) is -6.54. The largest absolute Gasteiger partial charge is 0.466 e. The van der Waals surface area contributed by atoms with E-state index in [2.05, 4.69) is 38.0 Å². The smallest absolute Gasteiger partial charge is 0.407 e. The number of methoxy groups -OCH3 is 1. The number of hydrogen-bond donors (Lipinski definition) is 4. The number of nitrogens with one attached hydrogen (secondary N) is 4. The summed E-state index contributed by atoms with van der Waals surface area (Å²) in [5, 5.41) is 24.3. The van der Waals surface area contributed by atoms with E-state index < -0.39 is 108 Å². The maximum Gasteiger partial charge on any atom is 0.407 e. The molecule has 4 fully saturated rings. The Balaban J connectivity index is 1.20. The van der Waals surface area contributed by atoms with Crippen LogP contribution in [0.25, 0.3) is 0 Å². The fourth-order valence-corrected chi connectivity index (χ4v) is 11.4. The maximum atomic E-state index is 13.4. The molecule has 4 amide bonds. The Morgan fingerprint density at radius 1 is 0.805 bits per heavy atom. The van der Waals surface area contributed by atoms with Crippen molar-refractivity contribution in [2.24, 2.45) is 0 Å². The predicted octanol–water partition coefficient (Wildman–Crippen LogP) is 0.819. The van der Waals surface area contributed by atoms with Gasteiger partial charge in [-0.2, -0.15) is 11.8 Å². The highest BCUT2D eigenvalue weighted by molar-refractivity contribution is 8.00. The van der Waals surface area contributed by atoms with Gasteiger partial charge in [-0.15, -0.1) is 0 Å². The number of fused-ring (bicyclic) bond motifs is 1. The molecule has 0 spiro atoms. The fourth-order valence-electron chi connectivity index (χ4n) is 9.85. The SMILES string of the molecule is CCCN1CCN(CCNC(=O)OCc2ccc(OC3OC(COC(C)=O)C(OC(C)=O)C(OC(C)=O)C3OC(C)=O)c([N+](=O)[O-])c2)CCN(CC(=O)OCC)CCN(C(NC(=O)CCCCC2SCC3NC(=O)NC32)C(=O)OC)CC1. The molecule has 29 nitrogen and oxygen atoms in total. The standard InChI is InChI=1S/C52H79N9O20S/c1-8-17-57-19-20-58(21-22-59(28-43(67)74-9-2)24-26-60(25-23-57)48(49(68)73-7)55-42(66)13-11-10-12-41-44-37(31-82-41)54-51(69)56-44)18-16-53-52(70)76-29-36-14-15-39(38(27-36)61(71)72)80-50-47(79-35(6)65)46(78-34(5)64)45(77-33(4)63)40(81-50)30-75-32(3)62/h14-15,27,37,40-41,44-48,50H,8-13,16-26,28-31H2,1-7H3,(H,53,70)(H,55,66)(H2,54,56,69). The van der Waals surface area contributed by atoms with Crippen LogP contribution in [0.15, 0.2) is 18.2 Å². The van der Waals surface area contributed by atoms with E-state index in [4.69, 9.17) is 42.6 Å². The Bertz CT molecular complexity index is 2370. The molecular weight excluding hydrogens is 1100 g/mol. The second-order valence-corrected chi connectivity index (χ2v) is 21.2. The van der Waals surface area contributed by atoms with E-state index in [1.54, 1.807) is 6.92 Å². The van der Waals surface area contributed by atoms with E-state index in [-0.39, 0.29) is 67.5 Å². The van der Waals surface area contributed by atoms with Crippen LogP contribution >= 0.6 is 11.8 Å². The van der Waals surface area contributed by atoms with E-state index in [0.717, 1.165) is 65.3 Å². The van der Waals surface area contributed by atoms with Crippen molar-refractivity contribution in [3.8, 4) is 5.75 Å². The summed E-state index contributed by atoms with van der Waals surface area (Å²) in [5.74, 6) is -4.31. The Kier molecular flexibility index (Phi) is 27.0. The van der Waals surface area contributed by atoms with E-state index in [1.807, 2.05) is 21.6 Å². The molecule has 4 N–H and O–H groups in total. The van der Waals surface area contributed by atoms with Gasteiger partial charge in [-0.25, -0.2) is 14.4 Å². The van der Waals surface area contributed by atoms with Gasteiger partial charge in [0.15, 0.2) is 24.1 Å². The van der Waals surface area contributed by atoms with Crippen molar-refractivity contribution >= 4 is 71.3 Å². The first kappa shape index (κ1) is 66.2. The lowest BCUT2D eigenvalue weighted by Gasteiger charge is -2.43. The Labute approximate surface area is 480 Å². The van der Waals surface area contributed by atoms with E-state index in [9.17, 15) is 53.3 Å². The fraction of sp³-hybridized carbons (Fsp3) is 0.712. The minimum atomic E-state index is -1.75. The zero-order valence-corrected chi connectivity index (χ0v) is 48.4. The third-order valence-electron chi connectivity index (χ3n) is 13.7. The highest BCUT2D eigenvalue weighted by Gasteiger charge is 2.54. The molecule has 9 atom stereocenters. The molecule has 458 valence electrons.